The summed E-state index contributed by atoms with van der Waals surface area (Å²) in [5.41, 5.74) is 5.87. The molecule has 0 aromatic carbocycles. The first-order valence-corrected chi connectivity index (χ1v) is 7.83. The van der Waals surface area contributed by atoms with Crippen LogP contribution >= 0.6 is 0 Å². The van der Waals surface area contributed by atoms with Gasteiger partial charge in [0.25, 0.3) is 0 Å². The van der Waals surface area contributed by atoms with E-state index in [2.05, 4.69) is 32.6 Å². The van der Waals surface area contributed by atoms with Crippen LogP contribution in [0, 0.1) is 5.92 Å². The highest BCUT2D eigenvalue weighted by Gasteiger charge is 2.33. The fourth-order valence-electron chi connectivity index (χ4n) is 3.21. The van der Waals surface area contributed by atoms with E-state index in [1.807, 2.05) is 4.90 Å². The van der Waals surface area contributed by atoms with Crippen LogP contribution in [-0.2, 0) is 4.79 Å². The summed E-state index contributed by atoms with van der Waals surface area (Å²) in [6, 6.07) is 0.262. The van der Waals surface area contributed by atoms with Crippen molar-refractivity contribution in [2.24, 2.45) is 11.7 Å². The second kappa shape index (κ2) is 7.85. The van der Waals surface area contributed by atoms with E-state index in [4.69, 9.17) is 5.73 Å². The molecule has 0 saturated carbocycles. The van der Waals surface area contributed by atoms with E-state index in [-0.39, 0.29) is 18.0 Å². The molecule has 1 heterocycles. The van der Waals surface area contributed by atoms with Crippen molar-refractivity contribution < 1.29 is 4.79 Å². The van der Waals surface area contributed by atoms with Crippen LogP contribution in [0.3, 0.4) is 0 Å². The standard InChI is InChI=1S/C15H31N3O/c1-5-14(17(6-2)7-3)15(19)18-9-8-12(4)10-13(18)11-16/h12-14H,5-11,16H2,1-4H3. The maximum absolute atomic E-state index is 12.8. The summed E-state index contributed by atoms with van der Waals surface area (Å²) in [4.78, 5) is 17.1. The molecule has 1 aliphatic heterocycles. The van der Waals surface area contributed by atoms with Gasteiger partial charge in [0.05, 0.1) is 6.04 Å². The molecule has 3 atom stereocenters. The zero-order valence-electron chi connectivity index (χ0n) is 13.1. The van der Waals surface area contributed by atoms with Crippen molar-refractivity contribution in [3.05, 3.63) is 0 Å². The van der Waals surface area contributed by atoms with Gasteiger partial charge in [-0.3, -0.25) is 9.69 Å². The van der Waals surface area contributed by atoms with Gasteiger partial charge in [-0.15, -0.1) is 0 Å². The quantitative estimate of drug-likeness (QED) is 0.798. The third kappa shape index (κ3) is 3.93. The molecule has 0 radical (unpaired) electrons. The number of hydrogen-bond donors (Lipinski definition) is 1. The summed E-state index contributed by atoms with van der Waals surface area (Å²) >= 11 is 0. The van der Waals surface area contributed by atoms with Crippen LogP contribution in [0.1, 0.15) is 47.0 Å². The maximum atomic E-state index is 12.8. The lowest BCUT2D eigenvalue weighted by atomic mass is 9.91. The topological polar surface area (TPSA) is 49.6 Å². The minimum Gasteiger partial charge on any atom is -0.337 e. The minimum absolute atomic E-state index is 0.0254. The number of carbonyl (C=O) groups excluding carboxylic acids is 1. The van der Waals surface area contributed by atoms with Gasteiger partial charge in [0.15, 0.2) is 0 Å². The summed E-state index contributed by atoms with van der Waals surface area (Å²) in [5.74, 6) is 0.972. The Morgan fingerprint density at radius 1 is 1.37 bits per heavy atom. The first-order chi connectivity index (χ1) is 9.08. The Balaban J connectivity index is 2.78. The van der Waals surface area contributed by atoms with Crippen molar-refractivity contribution >= 4 is 5.91 Å². The first kappa shape index (κ1) is 16.4. The van der Waals surface area contributed by atoms with Crippen LogP contribution in [0.25, 0.3) is 0 Å². The largest absolute Gasteiger partial charge is 0.337 e. The van der Waals surface area contributed by atoms with Crippen LogP contribution in [-0.4, -0.2) is 54.0 Å². The van der Waals surface area contributed by atoms with Crippen molar-refractivity contribution in [3.63, 3.8) is 0 Å². The zero-order chi connectivity index (χ0) is 14.4. The Morgan fingerprint density at radius 2 is 2.00 bits per heavy atom. The maximum Gasteiger partial charge on any atom is 0.240 e. The van der Waals surface area contributed by atoms with E-state index in [0.29, 0.717) is 12.5 Å². The first-order valence-electron chi connectivity index (χ1n) is 7.83. The number of hydrogen-bond acceptors (Lipinski definition) is 3. The van der Waals surface area contributed by atoms with Crippen LogP contribution in [0.2, 0.25) is 0 Å². The van der Waals surface area contributed by atoms with E-state index < -0.39 is 0 Å². The molecule has 0 aromatic heterocycles. The van der Waals surface area contributed by atoms with Gasteiger partial charge in [0.1, 0.15) is 0 Å². The number of piperidine rings is 1. The summed E-state index contributed by atoms with van der Waals surface area (Å²) in [5, 5.41) is 0. The van der Waals surface area contributed by atoms with E-state index in [0.717, 1.165) is 38.9 Å². The average Bonchev–Trinajstić information content (AvgIpc) is 2.43. The monoisotopic (exact) mass is 269 g/mol. The third-order valence-corrected chi connectivity index (χ3v) is 4.46. The molecule has 0 spiro atoms. The van der Waals surface area contributed by atoms with Gasteiger partial charge in [-0.05, 0) is 38.3 Å². The lowest BCUT2D eigenvalue weighted by molar-refractivity contribution is -0.141. The molecule has 0 aliphatic carbocycles. The summed E-state index contributed by atoms with van der Waals surface area (Å²) < 4.78 is 0. The Bertz CT molecular complexity index is 279. The Labute approximate surface area is 118 Å². The van der Waals surface area contributed by atoms with Gasteiger partial charge in [0, 0.05) is 19.1 Å². The second-order valence-electron chi connectivity index (χ2n) is 5.70. The molecule has 1 fully saturated rings. The Hall–Kier alpha value is -0.610. The van der Waals surface area contributed by atoms with Crippen molar-refractivity contribution in [3.8, 4) is 0 Å². The zero-order valence-corrected chi connectivity index (χ0v) is 13.1. The molecular formula is C15H31N3O. The van der Waals surface area contributed by atoms with Crippen molar-refractivity contribution in [2.75, 3.05) is 26.2 Å². The van der Waals surface area contributed by atoms with Gasteiger partial charge in [0.2, 0.25) is 5.91 Å². The normalized spacial score (nSPS) is 25.7. The van der Waals surface area contributed by atoms with Gasteiger partial charge in [-0.25, -0.2) is 0 Å². The number of amides is 1. The molecule has 0 bridgehead atoms. The Kier molecular flexibility index (Phi) is 6.80. The molecule has 4 nitrogen and oxygen atoms in total. The van der Waals surface area contributed by atoms with Crippen molar-refractivity contribution in [1.82, 2.24) is 9.80 Å². The number of nitrogens with zero attached hydrogens (tertiary/aromatic N) is 2. The number of likely N-dealkylation sites (tertiary alicyclic amines) is 1. The Morgan fingerprint density at radius 3 is 2.47 bits per heavy atom. The van der Waals surface area contributed by atoms with Crippen LogP contribution in [0.15, 0.2) is 0 Å². The third-order valence-electron chi connectivity index (χ3n) is 4.46. The molecule has 19 heavy (non-hydrogen) atoms. The predicted octanol–water partition coefficient (Wildman–Crippen LogP) is 1.69. The molecular weight excluding hydrogens is 238 g/mol. The smallest absolute Gasteiger partial charge is 0.240 e. The molecule has 4 heteroatoms. The van der Waals surface area contributed by atoms with E-state index in [1.165, 1.54) is 0 Å². The number of rotatable bonds is 6. The van der Waals surface area contributed by atoms with Crippen molar-refractivity contribution in [2.45, 2.75) is 59.0 Å². The highest BCUT2D eigenvalue weighted by molar-refractivity contribution is 5.82. The summed E-state index contributed by atoms with van der Waals surface area (Å²) in [6.45, 7) is 11.9. The van der Waals surface area contributed by atoms with Crippen LogP contribution in [0.5, 0.6) is 0 Å². The molecule has 0 aromatic rings. The van der Waals surface area contributed by atoms with Gasteiger partial charge >= 0.3 is 0 Å². The average molecular weight is 269 g/mol. The minimum atomic E-state index is 0.0254. The highest BCUT2D eigenvalue weighted by Crippen LogP contribution is 2.23. The molecule has 2 N–H and O–H groups in total. The summed E-state index contributed by atoms with van der Waals surface area (Å²) in [7, 11) is 0. The number of likely N-dealkylation sites (N-methyl/N-ethyl adjacent to an activating group) is 1. The summed E-state index contributed by atoms with van der Waals surface area (Å²) in [6.07, 6.45) is 3.04. The molecule has 3 unspecified atom stereocenters. The fourth-order valence-corrected chi connectivity index (χ4v) is 3.21. The molecule has 1 rings (SSSR count). The van der Waals surface area contributed by atoms with Crippen LogP contribution < -0.4 is 5.73 Å². The van der Waals surface area contributed by atoms with Crippen LogP contribution in [0.4, 0.5) is 0 Å². The molecule has 1 amide bonds. The van der Waals surface area contributed by atoms with E-state index in [1.54, 1.807) is 0 Å². The van der Waals surface area contributed by atoms with E-state index >= 15 is 0 Å². The van der Waals surface area contributed by atoms with Crippen molar-refractivity contribution in [1.29, 1.82) is 0 Å². The number of carbonyl (C=O) groups is 1. The molecule has 1 saturated heterocycles. The fraction of sp³-hybridized carbons (Fsp3) is 0.933. The van der Waals surface area contributed by atoms with E-state index in [9.17, 15) is 4.79 Å². The van der Waals surface area contributed by atoms with Gasteiger partial charge in [-0.2, -0.15) is 0 Å². The molecule has 112 valence electrons. The highest BCUT2D eigenvalue weighted by atomic mass is 16.2. The number of nitrogens with two attached hydrogens (primary N) is 1. The predicted molar refractivity (Wildman–Crippen MR) is 80.0 cm³/mol. The molecule has 1 aliphatic rings. The van der Waals surface area contributed by atoms with Gasteiger partial charge in [-0.1, -0.05) is 27.7 Å². The lowest BCUT2D eigenvalue weighted by Crippen LogP contribution is -2.56. The second-order valence-corrected chi connectivity index (χ2v) is 5.70. The SMILES string of the molecule is CCC(C(=O)N1CCC(C)CC1CN)N(CC)CC. The van der Waals surface area contributed by atoms with Gasteiger partial charge < -0.3 is 10.6 Å². The lowest BCUT2D eigenvalue weighted by Gasteiger charge is -2.41.